The average molecular weight is 248 g/mol. The number of amides is 1. The predicted molar refractivity (Wildman–Crippen MR) is 71.5 cm³/mol. The maximum absolute atomic E-state index is 11.7. The topological polar surface area (TPSA) is 41.6 Å². The summed E-state index contributed by atoms with van der Waals surface area (Å²) in [6.45, 7) is 7.76. The molecule has 0 bridgehead atoms. The maximum atomic E-state index is 11.7. The van der Waals surface area contributed by atoms with E-state index in [1.54, 1.807) is 4.90 Å². The van der Waals surface area contributed by atoms with Crippen LogP contribution in [0.5, 0.6) is 0 Å². The van der Waals surface area contributed by atoms with Crippen LogP contribution in [0.15, 0.2) is 18.2 Å². The lowest BCUT2D eigenvalue weighted by molar-refractivity contribution is 0.106. The largest absolute Gasteiger partial charge is 0.450 e. The molecule has 1 aliphatic heterocycles. The molecule has 4 nitrogen and oxygen atoms in total. The summed E-state index contributed by atoms with van der Waals surface area (Å²) in [4.78, 5) is 13.4. The molecule has 0 spiro atoms. The van der Waals surface area contributed by atoms with Gasteiger partial charge >= 0.3 is 6.09 Å². The van der Waals surface area contributed by atoms with Crippen LogP contribution in [0.25, 0.3) is 0 Å². The Labute approximate surface area is 108 Å². The van der Waals surface area contributed by atoms with Crippen molar-refractivity contribution in [3.05, 3.63) is 29.3 Å². The van der Waals surface area contributed by atoms with Gasteiger partial charge in [-0.05, 0) is 44.0 Å². The molecule has 0 unspecified atom stereocenters. The van der Waals surface area contributed by atoms with E-state index >= 15 is 0 Å². The second kappa shape index (κ2) is 5.29. The van der Waals surface area contributed by atoms with E-state index in [4.69, 9.17) is 4.74 Å². The highest BCUT2D eigenvalue weighted by atomic mass is 16.6. The van der Waals surface area contributed by atoms with Crippen molar-refractivity contribution in [2.24, 2.45) is 0 Å². The molecule has 0 saturated heterocycles. The van der Waals surface area contributed by atoms with Gasteiger partial charge in [-0.25, -0.2) is 4.79 Å². The van der Waals surface area contributed by atoms with Crippen molar-refractivity contribution < 1.29 is 9.53 Å². The van der Waals surface area contributed by atoms with E-state index in [0.717, 1.165) is 5.69 Å². The van der Waals surface area contributed by atoms with Crippen molar-refractivity contribution in [1.29, 1.82) is 0 Å². The average Bonchev–Trinajstić information content (AvgIpc) is 2.71. The van der Waals surface area contributed by atoms with Crippen LogP contribution >= 0.6 is 0 Å². The first-order valence-corrected chi connectivity index (χ1v) is 6.40. The van der Waals surface area contributed by atoms with Crippen molar-refractivity contribution in [2.75, 3.05) is 11.9 Å². The number of hydrogen-bond donors (Lipinski definition) is 1. The van der Waals surface area contributed by atoms with Gasteiger partial charge < -0.3 is 10.1 Å². The van der Waals surface area contributed by atoms with Crippen LogP contribution in [0.2, 0.25) is 0 Å². The number of fused-ring (bicyclic) bond motifs is 1. The van der Waals surface area contributed by atoms with Gasteiger partial charge in [0.1, 0.15) is 0 Å². The highest BCUT2D eigenvalue weighted by Crippen LogP contribution is 2.26. The number of rotatable bonds is 3. The third-order valence-electron chi connectivity index (χ3n) is 2.91. The van der Waals surface area contributed by atoms with E-state index in [1.807, 2.05) is 6.92 Å². The van der Waals surface area contributed by atoms with Crippen molar-refractivity contribution in [2.45, 2.75) is 39.9 Å². The van der Waals surface area contributed by atoms with Gasteiger partial charge in [0.2, 0.25) is 0 Å². The van der Waals surface area contributed by atoms with Gasteiger partial charge in [-0.1, -0.05) is 6.07 Å². The first-order valence-electron chi connectivity index (χ1n) is 6.40. The molecule has 1 amide bonds. The summed E-state index contributed by atoms with van der Waals surface area (Å²) in [5.41, 5.74) is 3.51. The number of anilines is 1. The molecule has 0 atom stereocenters. The lowest BCUT2D eigenvalue weighted by Gasteiger charge is -2.14. The van der Waals surface area contributed by atoms with Crippen LogP contribution in [-0.4, -0.2) is 23.6 Å². The Bertz CT molecular complexity index is 443. The third-order valence-corrected chi connectivity index (χ3v) is 2.91. The number of carbonyl (C=O) groups excluding carboxylic acids is 1. The molecule has 18 heavy (non-hydrogen) atoms. The SMILES string of the molecule is CCOC(=O)N1Cc2ccc(NC(C)C)cc2C1. The van der Waals surface area contributed by atoms with Gasteiger partial charge in [0, 0.05) is 24.8 Å². The van der Waals surface area contributed by atoms with Gasteiger partial charge in [-0.2, -0.15) is 0 Å². The molecule has 0 aromatic heterocycles. The fraction of sp³-hybridized carbons (Fsp3) is 0.500. The van der Waals surface area contributed by atoms with E-state index < -0.39 is 0 Å². The Balaban J connectivity index is 2.08. The number of nitrogens with one attached hydrogen (secondary N) is 1. The summed E-state index contributed by atoms with van der Waals surface area (Å²) in [6, 6.07) is 6.67. The zero-order valence-corrected chi connectivity index (χ0v) is 11.2. The zero-order valence-electron chi connectivity index (χ0n) is 11.2. The first-order chi connectivity index (χ1) is 8.60. The van der Waals surface area contributed by atoms with Crippen LogP contribution in [0.1, 0.15) is 31.9 Å². The van der Waals surface area contributed by atoms with Crippen molar-refractivity contribution in [3.63, 3.8) is 0 Å². The molecule has 0 aliphatic carbocycles. The van der Waals surface area contributed by atoms with Crippen LogP contribution < -0.4 is 5.32 Å². The molecule has 4 heteroatoms. The Morgan fingerprint density at radius 2 is 2.11 bits per heavy atom. The van der Waals surface area contributed by atoms with E-state index in [0.29, 0.717) is 25.7 Å². The molecule has 1 aliphatic rings. The molecule has 1 aromatic rings. The van der Waals surface area contributed by atoms with E-state index in [2.05, 4.69) is 37.4 Å². The quantitative estimate of drug-likeness (QED) is 0.894. The van der Waals surface area contributed by atoms with Crippen molar-refractivity contribution in [1.82, 2.24) is 4.90 Å². The standard InChI is InChI=1S/C14H20N2O2/c1-4-18-14(17)16-8-11-5-6-13(15-10(2)3)7-12(11)9-16/h5-7,10,15H,4,8-9H2,1-3H3. The number of carbonyl (C=O) groups is 1. The first kappa shape index (κ1) is 12.7. The fourth-order valence-electron chi connectivity index (χ4n) is 2.16. The van der Waals surface area contributed by atoms with Gasteiger partial charge in [0.25, 0.3) is 0 Å². The van der Waals surface area contributed by atoms with Crippen molar-refractivity contribution in [3.8, 4) is 0 Å². The smallest absolute Gasteiger partial charge is 0.410 e. The second-order valence-corrected chi connectivity index (χ2v) is 4.84. The van der Waals surface area contributed by atoms with Crippen LogP contribution in [-0.2, 0) is 17.8 Å². The summed E-state index contributed by atoms with van der Waals surface area (Å²) < 4.78 is 5.02. The molecule has 1 heterocycles. The van der Waals surface area contributed by atoms with Crippen LogP contribution in [0.3, 0.4) is 0 Å². The Morgan fingerprint density at radius 1 is 1.39 bits per heavy atom. The Morgan fingerprint density at radius 3 is 2.78 bits per heavy atom. The molecule has 1 N–H and O–H groups in total. The minimum Gasteiger partial charge on any atom is -0.450 e. The summed E-state index contributed by atoms with van der Waals surface area (Å²) in [7, 11) is 0. The minimum atomic E-state index is -0.230. The molecule has 2 rings (SSSR count). The van der Waals surface area contributed by atoms with E-state index in [1.165, 1.54) is 11.1 Å². The summed E-state index contributed by atoms with van der Waals surface area (Å²) >= 11 is 0. The molecule has 0 radical (unpaired) electrons. The van der Waals surface area contributed by atoms with Crippen molar-refractivity contribution >= 4 is 11.8 Å². The Kier molecular flexibility index (Phi) is 3.75. The summed E-state index contributed by atoms with van der Waals surface area (Å²) in [5.74, 6) is 0. The maximum Gasteiger partial charge on any atom is 0.410 e. The molecular formula is C14H20N2O2. The van der Waals surface area contributed by atoms with Gasteiger partial charge in [0.15, 0.2) is 0 Å². The van der Waals surface area contributed by atoms with E-state index in [-0.39, 0.29) is 6.09 Å². The highest BCUT2D eigenvalue weighted by molar-refractivity contribution is 5.69. The monoisotopic (exact) mass is 248 g/mol. The predicted octanol–water partition coefficient (Wildman–Crippen LogP) is 2.98. The minimum absolute atomic E-state index is 0.230. The summed E-state index contributed by atoms with van der Waals surface area (Å²) in [5, 5.41) is 3.37. The van der Waals surface area contributed by atoms with Gasteiger partial charge in [0.05, 0.1) is 6.61 Å². The van der Waals surface area contributed by atoms with Crippen LogP contribution in [0.4, 0.5) is 10.5 Å². The normalized spacial score (nSPS) is 13.7. The van der Waals surface area contributed by atoms with E-state index in [9.17, 15) is 4.79 Å². The zero-order chi connectivity index (χ0) is 13.1. The molecule has 98 valence electrons. The number of ether oxygens (including phenoxy) is 1. The van der Waals surface area contributed by atoms with Gasteiger partial charge in [-0.3, -0.25) is 4.90 Å². The highest BCUT2D eigenvalue weighted by Gasteiger charge is 2.24. The number of nitrogens with zero attached hydrogens (tertiary/aromatic N) is 1. The lowest BCUT2D eigenvalue weighted by atomic mass is 10.1. The van der Waals surface area contributed by atoms with Crippen LogP contribution in [0, 0.1) is 0 Å². The number of hydrogen-bond acceptors (Lipinski definition) is 3. The molecular weight excluding hydrogens is 228 g/mol. The summed E-state index contributed by atoms with van der Waals surface area (Å²) in [6.07, 6.45) is -0.230. The molecule has 0 fully saturated rings. The van der Waals surface area contributed by atoms with Gasteiger partial charge in [-0.15, -0.1) is 0 Å². The lowest BCUT2D eigenvalue weighted by Crippen LogP contribution is -2.25. The third kappa shape index (κ3) is 2.75. The number of benzene rings is 1. The molecule has 1 aromatic carbocycles. The molecule has 0 saturated carbocycles. The Hall–Kier alpha value is -1.71. The fourth-order valence-corrected chi connectivity index (χ4v) is 2.16. The second-order valence-electron chi connectivity index (χ2n) is 4.84.